The van der Waals surface area contributed by atoms with Gasteiger partial charge in [-0.15, -0.1) is 10.2 Å². The molecule has 26 heavy (non-hydrogen) atoms. The highest BCUT2D eigenvalue weighted by Crippen LogP contribution is 2.29. The van der Waals surface area contributed by atoms with Crippen LogP contribution in [0.2, 0.25) is 0 Å². The van der Waals surface area contributed by atoms with E-state index in [4.69, 9.17) is 0 Å². The van der Waals surface area contributed by atoms with E-state index in [-0.39, 0.29) is 18.5 Å². The van der Waals surface area contributed by atoms with Crippen LogP contribution in [-0.2, 0) is 10.5 Å². The Bertz CT molecular complexity index is 768. The van der Waals surface area contributed by atoms with Gasteiger partial charge in [-0.3, -0.25) is 10.1 Å². The number of carbonyl (C=O) groups is 2. The van der Waals surface area contributed by atoms with E-state index in [1.165, 1.54) is 16.9 Å². The largest absolute Gasteiger partial charge is 0.481 e. The molecule has 1 aromatic heterocycles. The number of thioether (sulfide) groups is 1. The highest BCUT2D eigenvalue weighted by molar-refractivity contribution is 8.00. The zero-order chi connectivity index (χ0) is 18.5. The lowest BCUT2D eigenvalue weighted by Crippen LogP contribution is -2.47. The molecular weight excluding hydrogens is 372 g/mol. The van der Waals surface area contributed by atoms with Crippen LogP contribution in [-0.4, -0.2) is 45.3 Å². The van der Waals surface area contributed by atoms with Gasteiger partial charge in [0.15, 0.2) is 4.34 Å². The molecule has 7 nitrogen and oxygen atoms in total. The molecule has 1 aliphatic rings. The molecule has 2 heterocycles. The maximum atomic E-state index is 12.4. The van der Waals surface area contributed by atoms with Crippen molar-refractivity contribution in [3.8, 4) is 0 Å². The van der Waals surface area contributed by atoms with Gasteiger partial charge in [-0.05, 0) is 17.9 Å². The second kappa shape index (κ2) is 8.50. The fraction of sp³-hybridized carbons (Fsp3) is 0.412. The topological polar surface area (TPSA) is 95.4 Å². The van der Waals surface area contributed by atoms with Crippen LogP contribution in [0.5, 0.6) is 0 Å². The predicted octanol–water partition coefficient (Wildman–Crippen LogP) is 3.40. The third kappa shape index (κ3) is 4.95. The van der Waals surface area contributed by atoms with Crippen LogP contribution in [0.15, 0.2) is 34.7 Å². The monoisotopic (exact) mass is 392 g/mol. The summed E-state index contributed by atoms with van der Waals surface area (Å²) < 4.78 is 0.777. The molecule has 9 heteroatoms. The first-order valence-electron chi connectivity index (χ1n) is 8.30. The number of aromatic nitrogens is 2. The van der Waals surface area contributed by atoms with Gasteiger partial charge in [0.25, 0.3) is 0 Å². The number of anilines is 1. The predicted molar refractivity (Wildman–Crippen MR) is 101 cm³/mol. The standard InChI is InChI=1S/C17H20N4O3S2/c1-11-7-13(14(22)23)9-21(8-11)16(24)18-15-19-20-17(26-15)25-10-12-5-3-2-4-6-12/h2-6,11,13H,7-10H2,1H3,(H,22,23)(H,18,19,24). The summed E-state index contributed by atoms with van der Waals surface area (Å²) in [5, 5.41) is 20.5. The lowest BCUT2D eigenvalue weighted by atomic mass is 9.91. The van der Waals surface area contributed by atoms with Crippen molar-refractivity contribution in [1.29, 1.82) is 0 Å². The van der Waals surface area contributed by atoms with Gasteiger partial charge in [0.1, 0.15) is 0 Å². The van der Waals surface area contributed by atoms with E-state index < -0.39 is 11.9 Å². The molecule has 2 N–H and O–H groups in total. The Morgan fingerprint density at radius 1 is 1.31 bits per heavy atom. The number of aliphatic carboxylic acids is 1. The van der Waals surface area contributed by atoms with Gasteiger partial charge in [-0.25, -0.2) is 4.79 Å². The normalized spacial score (nSPS) is 20.0. The van der Waals surface area contributed by atoms with Gasteiger partial charge in [-0.1, -0.05) is 60.4 Å². The highest BCUT2D eigenvalue weighted by Gasteiger charge is 2.32. The molecule has 1 saturated heterocycles. The summed E-state index contributed by atoms with van der Waals surface area (Å²) in [7, 11) is 0. The molecule has 138 valence electrons. The van der Waals surface area contributed by atoms with Crippen molar-refractivity contribution in [2.75, 3.05) is 18.4 Å². The maximum absolute atomic E-state index is 12.4. The molecule has 2 amide bonds. The van der Waals surface area contributed by atoms with Gasteiger partial charge in [0.2, 0.25) is 5.13 Å². The van der Waals surface area contributed by atoms with Crippen LogP contribution in [0.1, 0.15) is 18.9 Å². The number of carboxylic acids is 1. The molecule has 2 unspecified atom stereocenters. The van der Waals surface area contributed by atoms with Crippen molar-refractivity contribution < 1.29 is 14.7 Å². The second-order valence-electron chi connectivity index (χ2n) is 6.36. The van der Waals surface area contributed by atoms with E-state index in [1.807, 2.05) is 37.3 Å². The minimum absolute atomic E-state index is 0.155. The summed E-state index contributed by atoms with van der Waals surface area (Å²) in [6.45, 7) is 2.72. The molecule has 2 aromatic rings. The maximum Gasteiger partial charge on any atom is 0.323 e. The van der Waals surface area contributed by atoms with E-state index in [9.17, 15) is 14.7 Å². The minimum Gasteiger partial charge on any atom is -0.481 e. The van der Waals surface area contributed by atoms with Crippen LogP contribution in [0.3, 0.4) is 0 Å². The first kappa shape index (κ1) is 18.7. The van der Waals surface area contributed by atoms with Crippen LogP contribution in [0, 0.1) is 11.8 Å². The Kier molecular flexibility index (Phi) is 6.10. The number of urea groups is 1. The minimum atomic E-state index is -0.857. The molecular formula is C17H20N4O3S2. The number of rotatable bonds is 5. The van der Waals surface area contributed by atoms with Gasteiger partial charge >= 0.3 is 12.0 Å². The Morgan fingerprint density at radius 2 is 2.08 bits per heavy atom. The number of piperidine rings is 1. The molecule has 0 spiro atoms. The summed E-state index contributed by atoms with van der Waals surface area (Å²) in [4.78, 5) is 25.2. The fourth-order valence-corrected chi connectivity index (χ4v) is 4.60. The zero-order valence-corrected chi connectivity index (χ0v) is 15.9. The number of carboxylic acid groups (broad SMARTS) is 1. The number of hydrogen-bond acceptors (Lipinski definition) is 6. The number of hydrogen-bond donors (Lipinski definition) is 2. The lowest BCUT2D eigenvalue weighted by molar-refractivity contribution is -0.143. The molecule has 2 atom stereocenters. The summed E-state index contributed by atoms with van der Waals surface area (Å²) in [5.41, 5.74) is 1.19. The van der Waals surface area contributed by atoms with Gasteiger partial charge in [0, 0.05) is 18.8 Å². The number of nitrogens with zero attached hydrogens (tertiary/aromatic N) is 3. The van der Waals surface area contributed by atoms with Crippen molar-refractivity contribution in [2.45, 2.75) is 23.4 Å². The van der Waals surface area contributed by atoms with E-state index in [0.29, 0.717) is 18.1 Å². The smallest absolute Gasteiger partial charge is 0.323 e. The van der Waals surface area contributed by atoms with Crippen molar-refractivity contribution in [1.82, 2.24) is 15.1 Å². The number of benzene rings is 1. The summed E-state index contributed by atoms with van der Waals surface area (Å²) in [6.07, 6.45) is 0.595. The van der Waals surface area contributed by atoms with Crippen molar-refractivity contribution in [3.05, 3.63) is 35.9 Å². The number of amides is 2. The Morgan fingerprint density at radius 3 is 2.81 bits per heavy atom. The van der Waals surface area contributed by atoms with Crippen LogP contribution >= 0.6 is 23.1 Å². The van der Waals surface area contributed by atoms with E-state index in [1.54, 1.807) is 16.7 Å². The van der Waals surface area contributed by atoms with Gasteiger partial charge < -0.3 is 10.0 Å². The van der Waals surface area contributed by atoms with E-state index in [2.05, 4.69) is 15.5 Å². The first-order chi connectivity index (χ1) is 12.5. The zero-order valence-electron chi connectivity index (χ0n) is 14.3. The fourth-order valence-electron chi connectivity index (χ4n) is 2.90. The third-order valence-electron chi connectivity index (χ3n) is 4.12. The number of nitrogens with one attached hydrogen (secondary N) is 1. The molecule has 0 bridgehead atoms. The van der Waals surface area contributed by atoms with E-state index in [0.717, 1.165) is 10.1 Å². The van der Waals surface area contributed by atoms with Crippen LogP contribution < -0.4 is 5.32 Å². The van der Waals surface area contributed by atoms with Crippen LogP contribution in [0.25, 0.3) is 0 Å². The average Bonchev–Trinajstić information content (AvgIpc) is 3.07. The Hall–Kier alpha value is -2.13. The molecule has 1 fully saturated rings. The van der Waals surface area contributed by atoms with Crippen molar-refractivity contribution in [3.63, 3.8) is 0 Å². The first-order valence-corrected chi connectivity index (χ1v) is 10.1. The summed E-state index contributed by atoms with van der Waals surface area (Å²) in [5.74, 6) is -0.435. The Labute approximate surface area is 159 Å². The molecule has 1 aliphatic heterocycles. The van der Waals surface area contributed by atoms with Gasteiger partial charge in [0.05, 0.1) is 5.92 Å². The SMILES string of the molecule is CC1CC(C(=O)O)CN(C(=O)Nc2nnc(SCc3ccccc3)s2)C1. The molecule has 0 aliphatic carbocycles. The molecule has 1 aromatic carbocycles. The number of carbonyl (C=O) groups excluding carboxylic acids is 1. The molecule has 0 saturated carbocycles. The van der Waals surface area contributed by atoms with Gasteiger partial charge in [-0.2, -0.15) is 0 Å². The van der Waals surface area contributed by atoms with Crippen molar-refractivity contribution >= 4 is 40.2 Å². The van der Waals surface area contributed by atoms with Crippen molar-refractivity contribution in [2.24, 2.45) is 11.8 Å². The van der Waals surface area contributed by atoms with Crippen LogP contribution in [0.4, 0.5) is 9.93 Å². The Balaban J connectivity index is 1.54. The summed E-state index contributed by atoms with van der Waals surface area (Å²) in [6, 6.07) is 9.74. The lowest BCUT2D eigenvalue weighted by Gasteiger charge is -2.34. The molecule has 3 rings (SSSR count). The highest BCUT2D eigenvalue weighted by atomic mass is 32.2. The second-order valence-corrected chi connectivity index (χ2v) is 8.56. The molecule has 0 radical (unpaired) electrons. The number of likely N-dealkylation sites (tertiary alicyclic amines) is 1. The van der Waals surface area contributed by atoms with E-state index >= 15 is 0 Å². The summed E-state index contributed by atoms with van der Waals surface area (Å²) >= 11 is 2.88. The quantitative estimate of drug-likeness (QED) is 0.598. The third-order valence-corrected chi connectivity index (χ3v) is 6.16. The average molecular weight is 393 g/mol.